The standard InChI is InChI=1S/C11H20N2O3/c1-11(2,3)16-10(15)13(4)8-5-7(6-8)9(12)14/h7-8H,5-6H2,1-4H3,(H2,12,14). The first kappa shape index (κ1) is 12.8. The molecule has 0 aromatic carbocycles. The molecule has 0 heterocycles. The monoisotopic (exact) mass is 228 g/mol. The molecule has 1 saturated carbocycles. The molecule has 0 unspecified atom stereocenters. The van der Waals surface area contributed by atoms with Gasteiger partial charge in [0.15, 0.2) is 0 Å². The van der Waals surface area contributed by atoms with Gasteiger partial charge in [-0.2, -0.15) is 0 Å². The number of primary amides is 1. The molecule has 0 radical (unpaired) electrons. The smallest absolute Gasteiger partial charge is 0.410 e. The van der Waals surface area contributed by atoms with Crippen molar-refractivity contribution in [3.63, 3.8) is 0 Å². The Bertz CT molecular complexity index is 290. The highest BCUT2D eigenvalue weighted by atomic mass is 16.6. The molecule has 0 bridgehead atoms. The van der Waals surface area contributed by atoms with Crippen LogP contribution in [-0.4, -0.2) is 35.6 Å². The second-order valence-electron chi connectivity index (χ2n) is 5.32. The fraction of sp³-hybridized carbons (Fsp3) is 0.818. The number of hydrogen-bond acceptors (Lipinski definition) is 3. The summed E-state index contributed by atoms with van der Waals surface area (Å²) in [7, 11) is 1.69. The Morgan fingerprint density at radius 1 is 1.31 bits per heavy atom. The van der Waals surface area contributed by atoms with Gasteiger partial charge in [-0.05, 0) is 33.6 Å². The number of nitrogens with zero attached hydrogens (tertiary/aromatic N) is 1. The van der Waals surface area contributed by atoms with Crippen LogP contribution in [0, 0.1) is 5.92 Å². The summed E-state index contributed by atoms with van der Waals surface area (Å²) in [5.74, 6) is -0.372. The van der Waals surface area contributed by atoms with Gasteiger partial charge in [-0.25, -0.2) is 4.79 Å². The van der Waals surface area contributed by atoms with Crippen LogP contribution in [0.2, 0.25) is 0 Å². The molecular formula is C11H20N2O3. The summed E-state index contributed by atoms with van der Waals surface area (Å²) in [6, 6.07) is 0.0762. The topological polar surface area (TPSA) is 72.6 Å². The minimum atomic E-state index is -0.488. The second-order valence-corrected chi connectivity index (χ2v) is 5.32. The van der Waals surface area contributed by atoms with E-state index in [0.29, 0.717) is 12.8 Å². The van der Waals surface area contributed by atoms with Crippen molar-refractivity contribution >= 4 is 12.0 Å². The van der Waals surface area contributed by atoms with E-state index in [1.807, 2.05) is 20.8 Å². The van der Waals surface area contributed by atoms with E-state index in [-0.39, 0.29) is 24.0 Å². The van der Waals surface area contributed by atoms with Gasteiger partial charge in [0, 0.05) is 19.0 Å². The van der Waals surface area contributed by atoms with Gasteiger partial charge < -0.3 is 15.4 Å². The largest absolute Gasteiger partial charge is 0.444 e. The average molecular weight is 228 g/mol. The lowest BCUT2D eigenvalue weighted by molar-refractivity contribution is -0.126. The van der Waals surface area contributed by atoms with Crippen LogP contribution in [-0.2, 0) is 9.53 Å². The third kappa shape index (κ3) is 3.12. The van der Waals surface area contributed by atoms with Gasteiger partial charge in [0.2, 0.25) is 5.91 Å². The molecule has 0 aromatic heterocycles. The van der Waals surface area contributed by atoms with E-state index in [1.165, 1.54) is 0 Å². The van der Waals surface area contributed by atoms with E-state index in [2.05, 4.69) is 0 Å². The number of carbonyl (C=O) groups excluding carboxylic acids is 2. The third-order valence-electron chi connectivity index (χ3n) is 2.74. The van der Waals surface area contributed by atoms with Crippen molar-refractivity contribution in [3.8, 4) is 0 Å². The van der Waals surface area contributed by atoms with Crippen molar-refractivity contribution in [2.75, 3.05) is 7.05 Å². The van der Waals surface area contributed by atoms with Gasteiger partial charge in [0.25, 0.3) is 0 Å². The van der Waals surface area contributed by atoms with Crippen molar-refractivity contribution in [3.05, 3.63) is 0 Å². The quantitative estimate of drug-likeness (QED) is 0.769. The van der Waals surface area contributed by atoms with E-state index in [9.17, 15) is 9.59 Å². The van der Waals surface area contributed by atoms with Crippen molar-refractivity contribution < 1.29 is 14.3 Å². The fourth-order valence-corrected chi connectivity index (χ4v) is 1.62. The summed E-state index contributed by atoms with van der Waals surface area (Å²) >= 11 is 0. The van der Waals surface area contributed by atoms with E-state index in [1.54, 1.807) is 11.9 Å². The normalized spacial score (nSPS) is 24.5. The van der Waals surface area contributed by atoms with Crippen LogP contribution in [0.5, 0.6) is 0 Å². The van der Waals surface area contributed by atoms with Gasteiger partial charge in [-0.3, -0.25) is 4.79 Å². The van der Waals surface area contributed by atoms with Crippen molar-refractivity contribution in [2.45, 2.75) is 45.3 Å². The molecule has 1 aliphatic carbocycles. The summed E-state index contributed by atoms with van der Waals surface area (Å²) in [6.45, 7) is 5.48. The lowest BCUT2D eigenvalue weighted by Gasteiger charge is -2.39. The summed E-state index contributed by atoms with van der Waals surface area (Å²) in [5.41, 5.74) is 4.68. The van der Waals surface area contributed by atoms with Gasteiger partial charge in [-0.15, -0.1) is 0 Å². The number of amides is 2. The fourth-order valence-electron chi connectivity index (χ4n) is 1.62. The Balaban J connectivity index is 2.40. The van der Waals surface area contributed by atoms with E-state index < -0.39 is 5.60 Å². The van der Waals surface area contributed by atoms with Crippen LogP contribution >= 0.6 is 0 Å². The zero-order valence-electron chi connectivity index (χ0n) is 10.3. The number of rotatable bonds is 2. The van der Waals surface area contributed by atoms with E-state index in [0.717, 1.165) is 0 Å². The summed E-state index contributed by atoms with van der Waals surface area (Å²) in [6.07, 6.45) is 0.941. The van der Waals surface area contributed by atoms with Crippen molar-refractivity contribution in [1.29, 1.82) is 0 Å². The molecule has 0 aromatic rings. The Kier molecular flexibility index (Phi) is 3.45. The van der Waals surface area contributed by atoms with Crippen molar-refractivity contribution in [1.82, 2.24) is 4.90 Å². The van der Waals surface area contributed by atoms with E-state index in [4.69, 9.17) is 10.5 Å². The Labute approximate surface area is 95.9 Å². The highest BCUT2D eigenvalue weighted by Crippen LogP contribution is 2.31. The molecule has 0 saturated heterocycles. The second kappa shape index (κ2) is 4.31. The molecule has 0 atom stereocenters. The molecule has 1 fully saturated rings. The third-order valence-corrected chi connectivity index (χ3v) is 2.74. The number of ether oxygens (including phenoxy) is 1. The first-order chi connectivity index (χ1) is 7.20. The van der Waals surface area contributed by atoms with Gasteiger partial charge in [0.1, 0.15) is 5.60 Å². The predicted molar refractivity (Wildman–Crippen MR) is 59.7 cm³/mol. The molecule has 1 aliphatic rings. The minimum absolute atomic E-state index is 0.0762. The zero-order valence-corrected chi connectivity index (χ0v) is 10.3. The van der Waals surface area contributed by atoms with Crippen LogP contribution in [0.3, 0.4) is 0 Å². The molecule has 2 amide bonds. The van der Waals surface area contributed by atoms with Crippen LogP contribution in [0.25, 0.3) is 0 Å². The zero-order chi connectivity index (χ0) is 12.5. The van der Waals surface area contributed by atoms with Crippen LogP contribution in [0.1, 0.15) is 33.6 Å². The molecule has 0 spiro atoms. The average Bonchev–Trinajstić information content (AvgIpc) is 1.96. The van der Waals surface area contributed by atoms with Crippen LogP contribution in [0.4, 0.5) is 4.79 Å². The van der Waals surface area contributed by atoms with Gasteiger partial charge in [0.05, 0.1) is 0 Å². The number of nitrogens with two attached hydrogens (primary N) is 1. The summed E-state index contributed by atoms with van der Waals surface area (Å²) in [4.78, 5) is 24.0. The summed E-state index contributed by atoms with van der Waals surface area (Å²) in [5, 5.41) is 0. The van der Waals surface area contributed by atoms with E-state index >= 15 is 0 Å². The van der Waals surface area contributed by atoms with Crippen LogP contribution in [0.15, 0.2) is 0 Å². The van der Waals surface area contributed by atoms with Crippen molar-refractivity contribution in [2.24, 2.45) is 11.7 Å². The number of carbonyl (C=O) groups is 2. The van der Waals surface area contributed by atoms with Gasteiger partial charge in [-0.1, -0.05) is 0 Å². The Morgan fingerprint density at radius 2 is 1.81 bits per heavy atom. The Hall–Kier alpha value is -1.26. The molecule has 2 N–H and O–H groups in total. The molecule has 5 nitrogen and oxygen atoms in total. The predicted octanol–water partition coefficient (Wildman–Crippen LogP) is 1.12. The molecule has 92 valence electrons. The molecule has 1 rings (SSSR count). The molecule has 16 heavy (non-hydrogen) atoms. The lowest BCUT2D eigenvalue weighted by Crippen LogP contribution is -2.50. The summed E-state index contributed by atoms with van der Waals surface area (Å²) < 4.78 is 5.22. The Morgan fingerprint density at radius 3 is 2.19 bits per heavy atom. The molecule has 5 heteroatoms. The molecule has 0 aliphatic heterocycles. The van der Waals surface area contributed by atoms with Gasteiger partial charge >= 0.3 is 6.09 Å². The maximum absolute atomic E-state index is 11.7. The SMILES string of the molecule is CN(C(=O)OC(C)(C)C)C1CC(C(N)=O)C1. The highest BCUT2D eigenvalue weighted by molar-refractivity contribution is 5.78. The maximum atomic E-state index is 11.7. The first-order valence-corrected chi connectivity index (χ1v) is 5.46. The lowest BCUT2D eigenvalue weighted by atomic mass is 9.79. The molecular weight excluding hydrogens is 208 g/mol. The number of hydrogen-bond donors (Lipinski definition) is 1. The maximum Gasteiger partial charge on any atom is 0.410 e. The van der Waals surface area contributed by atoms with Crippen LogP contribution < -0.4 is 5.73 Å². The minimum Gasteiger partial charge on any atom is -0.444 e. The highest BCUT2D eigenvalue weighted by Gasteiger charge is 2.38. The first-order valence-electron chi connectivity index (χ1n) is 5.46.